The molecule has 2 N–H and O–H groups in total. The summed E-state index contributed by atoms with van der Waals surface area (Å²) >= 11 is 1.03. The molecule has 0 spiro atoms. The molecule has 0 radical (unpaired) electrons. The highest BCUT2D eigenvalue weighted by atomic mass is 32.2. The van der Waals surface area contributed by atoms with Gasteiger partial charge in [0.05, 0.1) is 5.75 Å². The molecule has 6 nitrogen and oxygen atoms in total. The zero-order valence-corrected chi connectivity index (χ0v) is 15.7. The van der Waals surface area contributed by atoms with Gasteiger partial charge >= 0.3 is 5.97 Å². The van der Waals surface area contributed by atoms with Gasteiger partial charge in [-0.25, -0.2) is 8.78 Å². The highest BCUT2D eigenvalue weighted by Crippen LogP contribution is 2.14. The zero-order valence-electron chi connectivity index (χ0n) is 14.9. The summed E-state index contributed by atoms with van der Waals surface area (Å²) in [6.07, 6.45) is 0. The molecule has 0 saturated heterocycles. The molecule has 0 unspecified atom stereocenters. The molecular weight excluding hydrogens is 390 g/mol. The van der Waals surface area contributed by atoms with E-state index in [9.17, 15) is 23.2 Å². The molecule has 0 fully saturated rings. The van der Waals surface area contributed by atoms with Crippen LogP contribution in [0.2, 0.25) is 0 Å². The van der Waals surface area contributed by atoms with Crippen LogP contribution < -0.4 is 10.6 Å². The Balaban J connectivity index is 1.69. The van der Waals surface area contributed by atoms with Crippen LogP contribution in [0.5, 0.6) is 0 Å². The van der Waals surface area contributed by atoms with Crippen LogP contribution in [0, 0.1) is 11.6 Å². The van der Waals surface area contributed by atoms with Gasteiger partial charge in [0, 0.05) is 11.4 Å². The fourth-order valence-electron chi connectivity index (χ4n) is 2.02. The Morgan fingerprint density at radius 1 is 0.964 bits per heavy atom. The van der Waals surface area contributed by atoms with Gasteiger partial charge in [-0.1, -0.05) is 6.07 Å². The average molecular weight is 408 g/mol. The van der Waals surface area contributed by atoms with Gasteiger partial charge < -0.3 is 15.4 Å². The van der Waals surface area contributed by atoms with Gasteiger partial charge in [0.25, 0.3) is 5.91 Å². The van der Waals surface area contributed by atoms with Crippen molar-refractivity contribution in [1.29, 1.82) is 0 Å². The standard InChI is InChI=1S/C19H18F2N2O4S/c1-12(28-11-18(25)22-15-7-5-13(20)6-8-15)19(26)27-10-17(24)23-16-4-2-3-14(21)9-16/h2-9,12H,10-11H2,1H3,(H,22,25)(H,23,24)/t12-/m0/s1. The van der Waals surface area contributed by atoms with Crippen LogP contribution in [0.15, 0.2) is 48.5 Å². The monoisotopic (exact) mass is 408 g/mol. The van der Waals surface area contributed by atoms with Gasteiger partial charge in [-0.15, -0.1) is 11.8 Å². The van der Waals surface area contributed by atoms with E-state index in [-0.39, 0.29) is 17.3 Å². The molecule has 2 rings (SSSR count). The Morgan fingerprint density at radius 2 is 1.64 bits per heavy atom. The largest absolute Gasteiger partial charge is 0.455 e. The lowest BCUT2D eigenvalue weighted by atomic mass is 10.3. The van der Waals surface area contributed by atoms with Crippen molar-refractivity contribution in [2.45, 2.75) is 12.2 Å². The van der Waals surface area contributed by atoms with Crippen molar-refractivity contribution in [3.8, 4) is 0 Å². The second-order valence-corrected chi connectivity index (χ2v) is 7.00. The first kappa shape index (κ1) is 21.4. The van der Waals surface area contributed by atoms with Gasteiger partial charge in [0.15, 0.2) is 6.61 Å². The number of carbonyl (C=O) groups is 3. The fraction of sp³-hybridized carbons (Fsp3) is 0.211. The molecule has 0 heterocycles. The van der Waals surface area contributed by atoms with E-state index in [1.807, 2.05) is 0 Å². The number of thioether (sulfide) groups is 1. The van der Waals surface area contributed by atoms with Crippen LogP contribution in [-0.2, 0) is 19.1 Å². The number of ether oxygens (including phenoxy) is 1. The molecule has 0 bridgehead atoms. The molecular formula is C19H18F2N2O4S. The molecule has 0 aliphatic heterocycles. The van der Waals surface area contributed by atoms with Crippen molar-refractivity contribution in [2.24, 2.45) is 0 Å². The van der Waals surface area contributed by atoms with Gasteiger partial charge in [0.2, 0.25) is 5.91 Å². The van der Waals surface area contributed by atoms with Crippen LogP contribution in [0.25, 0.3) is 0 Å². The Labute approximate surface area is 164 Å². The predicted molar refractivity (Wildman–Crippen MR) is 103 cm³/mol. The second-order valence-electron chi connectivity index (χ2n) is 5.67. The van der Waals surface area contributed by atoms with Crippen LogP contribution in [0.4, 0.5) is 20.2 Å². The zero-order chi connectivity index (χ0) is 20.5. The minimum atomic E-state index is -0.680. The number of benzene rings is 2. The van der Waals surface area contributed by atoms with E-state index in [4.69, 9.17) is 4.74 Å². The molecule has 2 aromatic carbocycles. The van der Waals surface area contributed by atoms with Gasteiger partial charge in [-0.05, 0) is 49.4 Å². The summed E-state index contributed by atoms with van der Waals surface area (Å²) in [6.45, 7) is 1.02. The van der Waals surface area contributed by atoms with Crippen molar-refractivity contribution in [3.63, 3.8) is 0 Å². The van der Waals surface area contributed by atoms with Crippen molar-refractivity contribution in [1.82, 2.24) is 0 Å². The van der Waals surface area contributed by atoms with Crippen molar-refractivity contribution < 1.29 is 27.9 Å². The number of nitrogens with one attached hydrogen (secondary N) is 2. The van der Waals surface area contributed by atoms with Crippen molar-refractivity contribution in [3.05, 3.63) is 60.2 Å². The SMILES string of the molecule is C[C@H](SCC(=O)Nc1ccc(F)cc1)C(=O)OCC(=O)Nc1cccc(F)c1. The molecule has 9 heteroatoms. The molecule has 148 valence electrons. The first-order valence-corrected chi connectivity index (χ1v) is 9.27. The molecule has 2 amide bonds. The predicted octanol–water partition coefficient (Wildman–Crippen LogP) is 3.21. The third kappa shape index (κ3) is 7.36. The lowest BCUT2D eigenvalue weighted by Gasteiger charge is -2.11. The normalized spacial score (nSPS) is 11.4. The molecule has 0 aliphatic rings. The molecule has 1 atom stereocenters. The first-order chi connectivity index (χ1) is 13.3. The summed E-state index contributed by atoms with van der Waals surface area (Å²) in [4.78, 5) is 35.5. The van der Waals surface area contributed by atoms with E-state index in [1.165, 1.54) is 42.5 Å². The second kappa shape index (κ2) is 10.4. The highest BCUT2D eigenvalue weighted by molar-refractivity contribution is 8.01. The Hall–Kier alpha value is -2.94. The number of halogens is 2. The number of rotatable bonds is 8. The number of anilines is 2. The average Bonchev–Trinajstić information content (AvgIpc) is 2.66. The topological polar surface area (TPSA) is 84.5 Å². The first-order valence-electron chi connectivity index (χ1n) is 8.22. The lowest BCUT2D eigenvalue weighted by molar-refractivity contribution is -0.146. The maximum Gasteiger partial charge on any atom is 0.319 e. The summed E-state index contributed by atoms with van der Waals surface area (Å²) in [6, 6.07) is 10.6. The summed E-state index contributed by atoms with van der Waals surface area (Å²) in [7, 11) is 0. The van der Waals surface area contributed by atoms with E-state index in [0.717, 1.165) is 17.8 Å². The Bertz CT molecular complexity index is 846. The quantitative estimate of drug-likeness (QED) is 0.656. The van der Waals surface area contributed by atoms with Crippen molar-refractivity contribution in [2.75, 3.05) is 23.0 Å². The number of hydrogen-bond acceptors (Lipinski definition) is 5. The number of hydrogen-bond donors (Lipinski definition) is 2. The van der Waals surface area contributed by atoms with E-state index in [2.05, 4.69) is 10.6 Å². The Kier molecular flexibility index (Phi) is 7.94. The maximum atomic E-state index is 13.1. The lowest BCUT2D eigenvalue weighted by Crippen LogP contribution is -2.26. The number of esters is 1. The van der Waals surface area contributed by atoms with Crippen LogP contribution in [-0.4, -0.2) is 35.4 Å². The van der Waals surface area contributed by atoms with Gasteiger partial charge in [0.1, 0.15) is 16.9 Å². The molecule has 0 saturated carbocycles. The highest BCUT2D eigenvalue weighted by Gasteiger charge is 2.18. The summed E-state index contributed by atoms with van der Waals surface area (Å²) in [5.74, 6) is -2.56. The third-order valence-electron chi connectivity index (χ3n) is 3.38. The van der Waals surface area contributed by atoms with Crippen LogP contribution >= 0.6 is 11.8 Å². The third-order valence-corrected chi connectivity index (χ3v) is 4.50. The Morgan fingerprint density at radius 3 is 2.32 bits per heavy atom. The maximum absolute atomic E-state index is 13.1. The van der Waals surface area contributed by atoms with E-state index in [0.29, 0.717) is 5.69 Å². The smallest absolute Gasteiger partial charge is 0.319 e. The summed E-state index contributed by atoms with van der Waals surface area (Å²) in [5, 5.41) is 4.30. The molecule has 2 aromatic rings. The van der Waals surface area contributed by atoms with Gasteiger partial charge in [-0.2, -0.15) is 0 Å². The molecule has 0 aliphatic carbocycles. The van der Waals surface area contributed by atoms with Crippen LogP contribution in [0.3, 0.4) is 0 Å². The van der Waals surface area contributed by atoms with E-state index >= 15 is 0 Å². The minimum absolute atomic E-state index is 0.0247. The van der Waals surface area contributed by atoms with Crippen LogP contribution in [0.1, 0.15) is 6.92 Å². The minimum Gasteiger partial charge on any atom is -0.455 e. The van der Waals surface area contributed by atoms with Gasteiger partial charge in [-0.3, -0.25) is 14.4 Å². The van der Waals surface area contributed by atoms with E-state index < -0.39 is 35.4 Å². The number of carbonyl (C=O) groups excluding carboxylic acids is 3. The fourth-order valence-corrected chi connectivity index (χ4v) is 2.69. The summed E-state index contributed by atoms with van der Waals surface area (Å²) in [5.41, 5.74) is 0.692. The van der Waals surface area contributed by atoms with Crippen molar-refractivity contribution >= 4 is 40.9 Å². The molecule has 0 aromatic heterocycles. The molecule has 28 heavy (non-hydrogen) atoms. The van der Waals surface area contributed by atoms with E-state index in [1.54, 1.807) is 6.92 Å². The number of amides is 2. The summed E-state index contributed by atoms with van der Waals surface area (Å²) < 4.78 is 30.8.